The minimum Gasteiger partial charge on any atom is -0.326 e. The van der Waals surface area contributed by atoms with Gasteiger partial charge in [0, 0.05) is 12.1 Å². The number of carbonyl (C=O) groups excluding carboxylic acids is 1. The number of hydroxylamine groups is 1. The highest BCUT2D eigenvalue weighted by Gasteiger charge is 2.10. The monoisotopic (exact) mass is 242 g/mol. The Morgan fingerprint density at radius 2 is 1.78 bits per heavy atom. The summed E-state index contributed by atoms with van der Waals surface area (Å²) in [6.45, 7) is 0.485. The zero-order chi connectivity index (χ0) is 13.0. The van der Waals surface area contributed by atoms with Crippen molar-refractivity contribution in [1.82, 2.24) is 5.48 Å². The van der Waals surface area contributed by atoms with Crippen LogP contribution in [0.25, 0.3) is 11.1 Å². The van der Waals surface area contributed by atoms with Gasteiger partial charge >= 0.3 is 0 Å². The molecule has 18 heavy (non-hydrogen) atoms. The zero-order valence-electron chi connectivity index (χ0n) is 9.76. The predicted molar refractivity (Wildman–Crippen MR) is 69.0 cm³/mol. The van der Waals surface area contributed by atoms with Crippen molar-refractivity contribution < 1.29 is 10.0 Å². The summed E-state index contributed by atoms with van der Waals surface area (Å²) in [7, 11) is 0. The molecule has 1 amide bonds. The van der Waals surface area contributed by atoms with Crippen LogP contribution in [0.15, 0.2) is 48.5 Å². The van der Waals surface area contributed by atoms with E-state index in [1.54, 1.807) is 17.6 Å². The van der Waals surface area contributed by atoms with Gasteiger partial charge in [-0.25, -0.2) is 5.48 Å². The third-order valence-electron chi connectivity index (χ3n) is 2.77. The summed E-state index contributed by atoms with van der Waals surface area (Å²) in [5.74, 6) is -0.520. The Kier molecular flexibility index (Phi) is 3.72. The second-order valence-corrected chi connectivity index (χ2v) is 3.89. The smallest absolute Gasteiger partial charge is 0.275 e. The Labute approximate surface area is 105 Å². The van der Waals surface area contributed by atoms with E-state index in [0.717, 1.165) is 16.7 Å². The van der Waals surface area contributed by atoms with Crippen LogP contribution in [-0.2, 0) is 6.54 Å². The van der Waals surface area contributed by atoms with E-state index in [-0.39, 0.29) is 0 Å². The summed E-state index contributed by atoms with van der Waals surface area (Å²) >= 11 is 0. The van der Waals surface area contributed by atoms with Gasteiger partial charge < -0.3 is 5.73 Å². The van der Waals surface area contributed by atoms with Gasteiger partial charge in [-0.2, -0.15) is 0 Å². The first kappa shape index (κ1) is 12.3. The van der Waals surface area contributed by atoms with Crippen LogP contribution in [0.4, 0.5) is 0 Å². The molecule has 0 saturated carbocycles. The highest BCUT2D eigenvalue weighted by Crippen LogP contribution is 2.23. The number of nitrogens with two attached hydrogens (primary N) is 1. The second kappa shape index (κ2) is 5.44. The van der Waals surface area contributed by atoms with Crippen LogP contribution < -0.4 is 11.2 Å². The molecule has 0 atom stereocenters. The van der Waals surface area contributed by atoms with Crippen LogP contribution in [0.2, 0.25) is 0 Å². The summed E-state index contributed by atoms with van der Waals surface area (Å²) < 4.78 is 0. The molecule has 4 heteroatoms. The second-order valence-electron chi connectivity index (χ2n) is 3.89. The molecule has 0 aliphatic rings. The lowest BCUT2D eigenvalue weighted by Crippen LogP contribution is -2.19. The van der Waals surface area contributed by atoms with Crippen LogP contribution in [-0.4, -0.2) is 11.1 Å². The zero-order valence-corrected chi connectivity index (χ0v) is 9.76. The van der Waals surface area contributed by atoms with Gasteiger partial charge in [0.25, 0.3) is 5.91 Å². The van der Waals surface area contributed by atoms with Crippen LogP contribution in [0.3, 0.4) is 0 Å². The molecule has 2 rings (SSSR count). The van der Waals surface area contributed by atoms with Gasteiger partial charge in [0.1, 0.15) is 0 Å². The fraction of sp³-hybridized carbons (Fsp3) is 0.0714. The molecule has 4 N–H and O–H groups in total. The number of nitrogens with one attached hydrogen (secondary N) is 1. The highest BCUT2D eigenvalue weighted by atomic mass is 16.5. The van der Waals surface area contributed by atoms with Gasteiger partial charge in [0.2, 0.25) is 0 Å². The van der Waals surface area contributed by atoms with Crippen molar-refractivity contribution in [2.24, 2.45) is 5.73 Å². The highest BCUT2D eigenvalue weighted by molar-refractivity contribution is 6.00. The Morgan fingerprint density at radius 3 is 2.39 bits per heavy atom. The number of carbonyl (C=O) groups is 1. The Morgan fingerprint density at radius 1 is 1.11 bits per heavy atom. The lowest BCUT2D eigenvalue weighted by atomic mass is 9.98. The third-order valence-corrected chi connectivity index (χ3v) is 2.77. The van der Waals surface area contributed by atoms with E-state index in [4.69, 9.17) is 10.9 Å². The van der Waals surface area contributed by atoms with Crippen LogP contribution >= 0.6 is 0 Å². The summed E-state index contributed by atoms with van der Waals surface area (Å²) in [5, 5.41) is 8.73. The van der Waals surface area contributed by atoms with Crippen molar-refractivity contribution in [3.8, 4) is 11.1 Å². The van der Waals surface area contributed by atoms with Gasteiger partial charge in [0.15, 0.2) is 0 Å². The van der Waals surface area contributed by atoms with E-state index >= 15 is 0 Å². The molecule has 0 radical (unpaired) electrons. The standard InChI is InChI=1S/C14H14N2O2/c15-9-10-5-7-11(8-6-10)12-3-1-2-4-13(12)14(17)16-18/h1-8,18H,9,15H2,(H,16,17). The van der Waals surface area contributed by atoms with E-state index in [1.165, 1.54) is 0 Å². The minimum atomic E-state index is -0.520. The van der Waals surface area contributed by atoms with E-state index in [1.807, 2.05) is 36.4 Å². The normalized spacial score (nSPS) is 10.1. The summed E-state index contributed by atoms with van der Waals surface area (Å²) in [6, 6.07) is 14.8. The van der Waals surface area contributed by atoms with E-state index in [2.05, 4.69) is 0 Å². The van der Waals surface area contributed by atoms with Crippen LogP contribution in [0, 0.1) is 0 Å². The maximum Gasteiger partial charge on any atom is 0.275 e. The lowest BCUT2D eigenvalue weighted by molar-refractivity contribution is 0.0707. The number of hydrogen-bond acceptors (Lipinski definition) is 3. The number of benzene rings is 2. The topological polar surface area (TPSA) is 75.4 Å². The SMILES string of the molecule is NCc1ccc(-c2ccccc2C(=O)NO)cc1. The molecule has 92 valence electrons. The van der Waals surface area contributed by atoms with Crippen molar-refractivity contribution in [3.05, 3.63) is 59.7 Å². The lowest BCUT2D eigenvalue weighted by Gasteiger charge is -2.08. The minimum absolute atomic E-state index is 0.431. The average molecular weight is 242 g/mol. The average Bonchev–Trinajstić information content (AvgIpc) is 2.46. The predicted octanol–water partition coefficient (Wildman–Crippen LogP) is 1.93. The molecular weight excluding hydrogens is 228 g/mol. The first-order valence-electron chi connectivity index (χ1n) is 5.59. The van der Waals surface area contributed by atoms with Gasteiger partial charge in [-0.1, -0.05) is 42.5 Å². The Hall–Kier alpha value is -2.17. The van der Waals surface area contributed by atoms with Crippen molar-refractivity contribution >= 4 is 5.91 Å². The molecule has 0 spiro atoms. The number of amides is 1. The summed E-state index contributed by atoms with van der Waals surface area (Å²) in [6.07, 6.45) is 0. The van der Waals surface area contributed by atoms with Crippen LogP contribution in [0.5, 0.6) is 0 Å². The van der Waals surface area contributed by atoms with Gasteiger partial charge in [-0.3, -0.25) is 10.0 Å². The van der Waals surface area contributed by atoms with Gasteiger partial charge in [0.05, 0.1) is 0 Å². The first-order chi connectivity index (χ1) is 8.76. The van der Waals surface area contributed by atoms with Gasteiger partial charge in [-0.15, -0.1) is 0 Å². The van der Waals surface area contributed by atoms with Crippen molar-refractivity contribution in [2.75, 3.05) is 0 Å². The summed E-state index contributed by atoms with van der Waals surface area (Å²) in [4.78, 5) is 11.5. The van der Waals surface area contributed by atoms with Gasteiger partial charge in [-0.05, 0) is 22.8 Å². The third kappa shape index (κ3) is 2.40. The van der Waals surface area contributed by atoms with Crippen molar-refractivity contribution in [1.29, 1.82) is 0 Å². The number of hydrogen-bond donors (Lipinski definition) is 3. The van der Waals surface area contributed by atoms with E-state index in [0.29, 0.717) is 12.1 Å². The molecule has 4 nitrogen and oxygen atoms in total. The molecule has 0 saturated heterocycles. The van der Waals surface area contributed by atoms with Crippen LogP contribution in [0.1, 0.15) is 15.9 Å². The molecule has 0 aliphatic carbocycles. The maximum atomic E-state index is 11.5. The Bertz CT molecular complexity index is 550. The first-order valence-corrected chi connectivity index (χ1v) is 5.59. The largest absolute Gasteiger partial charge is 0.326 e. The maximum absolute atomic E-state index is 11.5. The molecule has 0 heterocycles. The molecule has 2 aromatic rings. The van der Waals surface area contributed by atoms with Crippen molar-refractivity contribution in [3.63, 3.8) is 0 Å². The Balaban J connectivity index is 2.46. The quantitative estimate of drug-likeness (QED) is 0.568. The molecule has 0 aliphatic heterocycles. The fourth-order valence-electron chi connectivity index (χ4n) is 1.81. The fourth-order valence-corrected chi connectivity index (χ4v) is 1.81. The van der Waals surface area contributed by atoms with E-state index in [9.17, 15) is 4.79 Å². The molecule has 2 aromatic carbocycles. The number of rotatable bonds is 3. The molecule has 0 fully saturated rings. The summed E-state index contributed by atoms with van der Waals surface area (Å²) in [5.41, 5.74) is 10.3. The van der Waals surface area contributed by atoms with E-state index < -0.39 is 5.91 Å². The molecule has 0 bridgehead atoms. The molecule has 0 unspecified atom stereocenters. The molecular formula is C14H14N2O2. The molecule has 0 aromatic heterocycles. The van der Waals surface area contributed by atoms with Crippen molar-refractivity contribution in [2.45, 2.75) is 6.54 Å².